The highest BCUT2D eigenvalue weighted by Crippen LogP contribution is 2.36. The van der Waals surface area contributed by atoms with Gasteiger partial charge in [-0.05, 0) is 37.5 Å². The zero-order valence-corrected chi connectivity index (χ0v) is 17.6. The number of anilines is 1. The molecule has 8 heteroatoms. The molecular weight excluding hydrogens is 404 g/mol. The van der Waals surface area contributed by atoms with Crippen molar-refractivity contribution in [1.82, 2.24) is 4.98 Å². The number of methoxy groups -OCH3 is 1. The molecule has 3 heterocycles. The number of rotatable bonds is 6. The second kappa shape index (κ2) is 9.40. The van der Waals surface area contributed by atoms with Crippen LogP contribution < -0.4 is 5.32 Å². The maximum Gasteiger partial charge on any atom is 0.253 e. The maximum atomic E-state index is 13.2. The molecule has 2 aliphatic heterocycles. The van der Waals surface area contributed by atoms with Crippen molar-refractivity contribution in [2.75, 3.05) is 25.6 Å². The largest absolute Gasteiger partial charge is 0.497 e. The lowest BCUT2D eigenvalue weighted by Gasteiger charge is -2.21. The lowest BCUT2D eigenvalue weighted by atomic mass is 9.93. The van der Waals surface area contributed by atoms with E-state index in [-0.39, 0.29) is 23.7 Å². The Bertz CT molecular complexity index is 929. The van der Waals surface area contributed by atoms with Gasteiger partial charge in [-0.15, -0.1) is 0 Å². The van der Waals surface area contributed by atoms with Crippen LogP contribution in [0.3, 0.4) is 0 Å². The minimum Gasteiger partial charge on any atom is -0.497 e. The van der Waals surface area contributed by atoms with E-state index in [2.05, 4.69) is 10.3 Å². The van der Waals surface area contributed by atoms with Crippen LogP contribution in [-0.2, 0) is 19.0 Å². The summed E-state index contributed by atoms with van der Waals surface area (Å²) in [6.45, 7) is 1.18. The fraction of sp³-hybridized carbons (Fsp3) is 0.409. The summed E-state index contributed by atoms with van der Waals surface area (Å²) in [7, 11) is 1.59. The molecule has 1 aromatic heterocycles. The average molecular weight is 429 g/mol. The van der Waals surface area contributed by atoms with Gasteiger partial charge in [0.2, 0.25) is 0 Å². The number of ether oxygens (including phenoxy) is 3. The predicted molar refractivity (Wildman–Crippen MR) is 113 cm³/mol. The highest BCUT2D eigenvalue weighted by Gasteiger charge is 2.32. The highest BCUT2D eigenvalue weighted by molar-refractivity contribution is 7.17. The Morgan fingerprint density at radius 3 is 2.87 bits per heavy atom. The van der Waals surface area contributed by atoms with Gasteiger partial charge in [0, 0.05) is 31.1 Å². The molecule has 30 heavy (non-hydrogen) atoms. The molecule has 3 aliphatic rings. The van der Waals surface area contributed by atoms with E-state index in [4.69, 9.17) is 14.2 Å². The number of nitrogens with one attached hydrogen (secondary N) is 1. The van der Waals surface area contributed by atoms with Crippen LogP contribution in [0.2, 0.25) is 0 Å². The van der Waals surface area contributed by atoms with Crippen molar-refractivity contribution in [3.63, 3.8) is 0 Å². The third kappa shape index (κ3) is 4.55. The van der Waals surface area contributed by atoms with Gasteiger partial charge in [0.1, 0.15) is 17.6 Å². The van der Waals surface area contributed by atoms with Crippen LogP contribution in [0, 0.1) is 5.92 Å². The van der Waals surface area contributed by atoms with Gasteiger partial charge < -0.3 is 14.2 Å². The number of thiazole rings is 1. The Labute approximate surface area is 179 Å². The van der Waals surface area contributed by atoms with Gasteiger partial charge in [-0.1, -0.05) is 23.5 Å². The Morgan fingerprint density at radius 1 is 1.30 bits per heavy atom. The molecule has 1 amide bonds. The van der Waals surface area contributed by atoms with E-state index < -0.39 is 0 Å². The smallest absolute Gasteiger partial charge is 0.253 e. The van der Waals surface area contributed by atoms with E-state index >= 15 is 0 Å². The summed E-state index contributed by atoms with van der Waals surface area (Å²) in [5, 5.41) is 3.27. The molecule has 0 spiro atoms. The summed E-state index contributed by atoms with van der Waals surface area (Å²) in [5.41, 5.74) is 1.19. The number of ketones is 1. The number of nitrogens with zero attached hydrogens (tertiary/aromatic N) is 1. The fourth-order valence-corrected chi connectivity index (χ4v) is 4.62. The van der Waals surface area contributed by atoms with Crippen LogP contribution in [0.5, 0.6) is 0 Å². The summed E-state index contributed by atoms with van der Waals surface area (Å²) in [6, 6.07) is 0. The standard InChI is InChI=1S/C22H24N2O5S/c1-27-16-5-2-4-15(7-8-16)21(26)24-22-23-18(17-6-3-11-29-17)20(30-22)19(25)14-9-12-28-13-10-14/h2-5,8,11,14,17H,6-7,9-10,12-13H2,1H3,(H,23,24,26). The normalized spacial score (nSPS) is 21.4. The molecule has 4 rings (SSSR count). The first-order chi connectivity index (χ1) is 14.7. The van der Waals surface area contributed by atoms with Crippen LogP contribution >= 0.6 is 11.3 Å². The number of aromatic nitrogens is 1. The Morgan fingerprint density at radius 2 is 2.13 bits per heavy atom. The molecule has 1 saturated heterocycles. The second-order valence-electron chi connectivity index (χ2n) is 7.24. The van der Waals surface area contributed by atoms with E-state index in [1.54, 1.807) is 31.6 Å². The van der Waals surface area contributed by atoms with Crippen LogP contribution in [0.15, 0.2) is 48.0 Å². The van der Waals surface area contributed by atoms with Crippen molar-refractivity contribution in [2.24, 2.45) is 5.92 Å². The van der Waals surface area contributed by atoms with Crippen LogP contribution in [0.25, 0.3) is 0 Å². The van der Waals surface area contributed by atoms with Crippen LogP contribution in [0.4, 0.5) is 5.13 Å². The zero-order valence-electron chi connectivity index (χ0n) is 16.8. The van der Waals surface area contributed by atoms with E-state index in [1.165, 1.54) is 11.3 Å². The van der Waals surface area contributed by atoms with Crippen LogP contribution in [-0.4, -0.2) is 37.0 Å². The lowest BCUT2D eigenvalue weighted by molar-refractivity contribution is -0.112. The Kier molecular flexibility index (Phi) is 6.44. The number of amides is 1. The van der Waals surface area contributed by atoms with Crippen molar-refractivity contribution >= 4 is 28.2 Å². The van der Waals surface area contributed by atoms with E-state index in [1.807, 2.05) is 12.2 Å². The van der Waals surface area contributed by atoms with Gasteiger partial charge in [-0.3, -0.25) is 14.9 Å². The zero-order chi connectivity index (χ0) is 20.9. The molecule has 0 saturated carbocycles. The molecule has 1 atom stereocenters. The van der Waals surface area contributed by atoms with Crippen molar-refractivity contribution in [3.05, 3.63) is 58.5 Å². The molecule has 1 aromatic rings. The predicted octanol–water partition coefficient (Wildman–Crippen LogP) is 4.08. The van der Waals surface area contributed by atoms with E-state index in [9.17, 15) is 9.59 Å². The number of hydrogen-bond acceptors (Lipinski definition) is 7. The second-order valence-corrected chi connectivity index (χ2v) is 8.24. The SMILES string of the molecule is COC1=CCC(C(=O)Nc2nc(C3CC=CO3)c(C(=O)C3CCOCC3)s2)=CC=C1. The summed E-state index contributed by atoms with van der Waals surface area (Å²) in [5.74, 6) is 0.444. The number of Topliss-reactive ketones (excluding diaryl/α,β-unsaturated/α-hetero) is 1. The Hall–Kier alpha value is -2.71. The van der Waals surface area contributed by atoms with Crippen molar-refractivity contribution in [3.8, 4) is 0 Å². The monoisotopic (exact) mass is 428 g/mol. The first-order valence-electron chi connectivity index (χ1n) is 10.0. The quantitative estimate of drug-likeness (QED) is 0.687. The summed E-state index contributed by atoms with van der Waals surface area (Å²) < 4.78 is 16.2. The molecule has 1 aliphatic carbocycles. The van der Waals surface area contributed by atoms with E-state index in [0.717, 1.165) is 0 Å². The van der Waals surface area contributed by atoms with Crippen molar-refractivity contribution in [2.45, 2.75) is 31.8 Å². The number of allylic oxidation sites excluding steroid dienone is 4. The number of hydrogen-bond donors (Lipinski definition) is 1. The van der Waals surface area contributed by atoms with Crippen LogP contribution in [0.1, 0.15) is 47.2 Å². The van der Waals surface area contributed by atoms with Crippen molar-refractivity contribution < 1.29 is 23.8 Å². The van der Waals surface area contributed by atoms with E-state index in [0.29, 0.717) is 65.9 Å². The Balaban J connectivity index is 1.54. The summed E-state index contributed by atoms with van der Waals surface area (Å²) in [6.07, 6.45) is 12.9. The molecule has 7 nitrogen and oxygen atoms in total. The molecular formula is C22H24N2O5S. The third-order valence-electron chi connectivity index (χ3n) is 5.29. The van der Waals surface area contributed by atoms with Crippen molar-refractivity contribution in [1.29, 1.82) is 0 Å². The summed E-state index contributed by atoms with van der Waals surface area (Å²) >= 11 is 1.22. The number of carbonyl (C=O) groups is 2. The molecule has 1 fully saturated rings. The molecule has 0 radical (unpaired) electrons. The maximum absolute atomic E-state index is 13.2. The lowest BCUT2D eigenvalue weighted by Crippen LogP contribution is -2.24. The van der Waals surface area contributed by atoms with Gasteiger partial charge in [0.25, 0.3) is 5.91 Å². The topological polar surface area (TPSA) is 86.8 Å². The molecule has 0 aromatic carbocycles. The first kappa shape index (κ1) is 20.6. The molecule has 1 unspecified atom stereocenters. The van der Waals surface area contributed by atoms with Gasteiger partial charge in [-0.2, -0.15) is 0 Å². The third-order valence-corrected chi connectivity index (χ3v) is 6.29. The minimum absolute atomic E-state index is 0.0612. The van der Waals surface area contributed by atoms with Gasteiger partial charge in [0.05, 0.1) is 18.2 Å². The minimum atomic E-state index is -0.294. The highest BCUT2D eigenvalue weighted by atomic mass is 32.1. The van der Waals surface area contributed by atoms with Gasteiger partial charge in [-0.25, -0.2) is 4.98 Å². The van der Waals surface area contributed by atoms with Gasteiger partial charge in [0.15, 0.2) is 10.9 Å². The molecule has 0 bridgehead atoms. The van der Waals surface area contributed by atoms with Gasteiger partial charge >= 0.3 is 0 Å². The first-order valence-corrected chi connectivity index (χ1v) is 10.8. The number of carbonyl (C=O) groups excluding carboxylic acids is 2. The fourth-order valence-electron chi connectivity index (χ4n) is 3.59. The molecule has 158 valence electrons. The average Bonchev–Trinajstić information content (AvgIpc) is 3.38. The molecule has 1 N–H and O–H groups in total. The summed E-state index contributed by atoms with van der Waals surface area (Å²) in [4.78, 5) is 31.1.